The Hall–Kier alpha value is -0.910. The van der Waals surface area contributed by atoms with E-state index in [0.717, 1.165) is 5.56 Å². The van der Waals surface area contributed by atoms with Crippen LogP contribution in [0.4, 0.5) is 0 Å². The van der Waals surface area contributed by atoms with Crippen LogP contribution in [0.1, 0.15) is 19.4 Å². The maximum absolute atomic E-state index is 11.3. The molecular weight excluding hydrogens is 228 g/mol. The molecule has 0 saturated heterocycles. The fraction of sp³-hybridized carbons (Fsp3) is 0.455. The molecule has 0 spiro atoms. The van der Waals surface area contributed by atoms with Crippen LogP contribution in [0.25, 0.3) is 0 Å². The fourth-order valence-corrected chi connectivity index (χ4v) is 1.84. The van der Waals surface area contributed by atoms with Gasteiger partial charge in [-0.2, -0.15) is 8.42 Å². The predicted octanol–water partition coefficient (Wildman–Crippen LogP) is 1.72. The van der Waals surface area contributed by atoms with E-state index in [1.807, 2.05) is 6.92 Å². The first-order valence-corrected chi connectivity index (χ1v) is 6.45. The van der Waals surface area contributed by atoms with Gasteiger partial charge in [-0.05, 0) is 32.9 Å². The number of hydrogen-bond donors (Lipinski definition) is 1. The maximum atomic E-state index is 11.3. The molecule has 0 bridgehead atoms. The first kappa shape index (κ1) is 15.1. The van der Waals surface area contributed by atoms with Crippen molar-refractivity contribution in [2.75, 3.05) is 13.2 Å². The Bertz CT molecular complexity index is 381. The Morgan fingerprint density at radius 3 is 2.00 bits per heavy atom. The zero-order chi connectivity index (χ0) is 12.6. The molecule has 92 valence electrons. The van der Waals surface area contributed by atoms with Crippen LogP contribution in [0.5, 0.6) is 0 Å². The van der Waals surface area contributed by atoms with Crippen molar-refractivity contribution < 1.29 is 17.7 Å². The van der Waals surface area contributed by atoms with Crippen LogP contribution in [0.3, 0.4) is 0 Å². The van der Waals surface area contributed by atoms with E-state index >= 15 is 0 Å². The van der Waals surface area contributed by atoms with E-state index in [1.54, 1.807) is 38.1 Å². The van der Waals surface area contributed by atoms with Crippen LogP contribution in [0.15, 0.2) is 29.2 Å². The average molecular weight is 246 g/mol. The summed E-state index contributed by atoms with van der Waals surface area (Å²) in [6, 6.07) is 6.57. The summed E-state index contributed by atoms with van der Waals surface area (Å²) in [6.45, 7) is 5.64. The van der Waals surface area contributed by atoms with Gasteiger partial charge < -0.3 is 5.11 Å². The molecule has 0 aliphatic heterocycles. The molecule has 5 heteroatoms. The number of aliphatic hydroxyl groups excluding tert-OH is 1. The van der Waals surface area contributed by atoms with E-state index in [4.69, 9.17) is 5.11 Å². The zero-order valence-corrected chi connectivity index (χ0v) is 10.6. The average Bonchev–Trinajstić information content (AvgIpc) is 2.19. The second-order valence-corrected chi connectivity index (χ2v) is 4.61. The lowest BCUT2D eigenvalue weighted by molar-refractivity contribution is 0.318. The molecule has 0 heterocycles. The summed E-state index contributed by atoms with van der Waals surface area (Å²) in [5.41, 5.74) is 1.02. The first-order valence-electron chi connectivity index (χ1n) is 5.04. The molecule has 1 aromatic carbocycles. The fourth-order valence-electron chi connectivity index (χ4n) is 0.928. The highest BCUT2D eigenvalue weighted by Crippen LogP contribution is 2.12. The van der Waals surface area contributed by atoms with Crippen molar-refractivity contribution in [2.45, 2.75) is 25.7 Å². The topological polar surface area (TPSA) is 63.6 Å². The van der Waals surface area contributed by atoms with Crippen molar-refractivity contribution in [3.63, 3.8) is 0 Å². The van der Waals surface area contributed by atoms with Gasteiger partial charge >= 0.3 is 0 Å². The lowest BCUT2D eigenvalue weighted by atomic mass is 10.2. The highest BCUT2D eigenvalue weighted by atomic mass is 32.2. The number of aliphatic hydroxyl groups is 1. The van der Waals surface area contributed by atoms with Gasteiger partial charge in [0.1, 0.15) is 0 Å². The van der Waals surface area contributed by atoms with Crippen LogP contribution in [0, 0.1) is 6.92 Å². The van der Waals surface area contributed by atoms with Crippen molar-refractivity contribution in [1.82, 2.24) is 0 Å². The molecule has 1 aromatic rings. The number of benzene rings is 1. The molecule has 4 nitrogen and oxygen atoms in total. The maximum Gasteiger partial charge on any atom is 0.296 e. The van der Waals surface area contributed by atoms with E-state index in [0.29, 0.717) is 0 Å². The number of rotatable bonds is 3. The summed E-state index contributed by atoms with van der Waals surface area (Å²) in [6.07, 6.45) is 0. The van der Waals surface area contributed by atoms with Gasteiger partial charge in [0.2, 0.25) is 0 Å². The predicted molar refractivity (Wildman–Crippen MR) is 62.8 cm³/mol. The van der Waals surface area contributed by atoms with Crippen LogP contribution in [0.2, 0.25) is 0 Å². The summed E-state index contributed by atoms with van der Waals surface area (Å²) in [5, 5.41) is 7.57. The van der Waals surface area contributed by atoms with Crippen LogP contribution >= 0.6 is 0 Å². The van der Waals surface area contributed by atoms with Crippen LogP contribution in [-0.2, 0) is 14.3 Å². The van der Waals surface area contributed by atoms with E-state index in [2.05, 4.69) is 4.18 Å². The Kier molecular flexibility index (Phi) is 6.96. The molecule has 0 radical (unpaired) electrons. The molecule has 16 heavy (non-hydrogen) atoms. The summed E-state index contributed by atoms with van der Waals surface area (Å²) in [7, 11) is -3.53. The minimum absolute atomic E-state index is 0.163. The lowest BCUT2D eigenvalue weighted by Gasteiger charge is -2.02. The first-order chi connectivity index (χ1) is 7.47. The molecule has 0 atom stereocenters. The highest BCUT2D eigenvalue weighted by Gasteiger charge is 2.12. The van der Waals surface area contributed by atoms with Gasteiger partial charge in [-0.15, -0.1) is 0 Å². The standard InChI is InChI=1S/C9H12O3S.C2H6O/c1-3-12-13(10,11)9-6-4-8(2)5-7-9;1-2-3/h4-7H,3H2,1-2H3;3H,2H2,1H3. The normalized spacial score (nSPS) is 10.5. The van der Waals surface area contributed by atoms with Crippen molar-refractivity contribution >= 4 is 10.1 Å². The van der Waals surface area contributed by atoms with E-state index in [1.165, 1.54) is 0 Å². The van der Waals surface area contributed by atoms with Gasteiger partial charge in [-0.3, -0.25) is 4.18 Å². The zero-order valence-electron chi connectivity index (χ0n) is 9.80. The van der Waals surface area contributed by atoms with Crippen molar-refractivity contribution in [3.8, 4) is 0 Å². The minimum Gasteiger partial charge on any atom is -0.397 e. The van der Waals surface area contributed by atoms with E-state index in [-0.39, 0.29) is 18.1 Å². The molecule has 0 aliphatic carbocycles. The molecular formula is C11H18O4S. The SMILES string of the molecule is CCO.CCOS(=O)(=O)c1ccc(C)cc1. The largest absolute Gasteiger partial charge is 0.397 e. The molecule has 0 amide bonds. The number of hydrogen-bond acceptors (Lipinski definition) is 4. The van der Waals surface area contributed by atoms with Gasteiger partial charge in [0.15, 0.2) is 0 Å². The quantitative estimate of drug-likeness (QED) is 0.825. The van der Waals surface area contributed by atoms with Crippen molar-refractivity contribution in [2.24, 2.45) is 0 Å². The summed E-state index contributed by atoms with van der Waals surface area (Å²) in [5.74, 6) is 0. The summed E-state index contributed by atoms with van der Waals surface area (Å²) < 4.78 is 27.3. The summed E-state index contributed by atoms with van der Waals surface area (Å²) in [4.78, 5) is 0.208. The van der Waals surface area contributed by atoms with Crippen molar-refractivity contribution in [3.05, 3.63) is 29.8 Å². The highest BCUT2D eigenvalue weighted by molar-refractivity contribution is 7.86. The molecule has 0 aromatic heterocycles. The second-order valence-electron chi connectivity index (χ2n) is 2.99. The third kappa shape index (κ3) is 5.25. The Labute approximate surface area is 97.0 Å². The van der Waals surface area contributed by atoms with E-state index in [9.17, 15) is 8.42 Å². The van der Waals surface area contributed by atoms with Gasteiger partial charge in [-0.25, -0.2) is 0 Å². The third-order valence-corrected chi connectivity index (χ3v) is 2.98. The lowest BCUT2D eigenvalue weighted by Crippen LogP contribution is -2.05. The number of aryl methyl sites for hydroxylation is 1. The molecule has 0 unspecified atom stereocenters. The molecule has 0 fully saturated rings. The van der Waals surface area contributed by atoms with Crippen LogP contribution < -0.4 is 0 Å². The monoisotopic (exact) mass is 246 g/mol. The molecule has 0 saturated carbocycles. The van der Waals surface area contributed by atoms with E-state index < -0.39 is 10.1 Å². The smallest absolute Gasteiger partial charge is 0.296 e. The summed E-state index contributed by atoms with van der Waals surface area (Å²) >= 11 is 0. The minimum atomic E-state index is -3.53. The Balaban J connectivity index is 0.000000673. The Morgan fingerprint density at radius 2 is 1.62 bits per heavy atom. The van der Waals surface area contributed by atoms with Gasteiger partial charge in [0.25, 0.3) is 10.1 Å². The van der Waals surface area contributed by atoms with Gasteiger partial charge in [0, 0.05) is 6.61 Å². The van der Waals surface area contributed by atoms with Crippen LogP contribution in [-0.4, -0.2) is 26.7 Å². The third-order valence-electron chi connectivity index (χ3n) is 1.58. The molecule has 1 rings (SSSR count). The van der Waals surface area contributed by atoms with Crippen molar-refractivity contribution in [1.29, 1.82) is 0 Å². The molecule has 1 N–H and O–H groups in total. The second kappa shape index (κ2) is 7.38. The van der Waals surface area contributed by atoms with Gasteiger partial charge in [0.05, 0.1) is 11.5 Å². The van der Waals surface area contributed by atoms with Gasteiger partial charge in [-0.1, -0.05) is 17.7 Å². The Morgan fingerprint density at radius 1 is 1.19 bits per heavy atom. The molecule has 0 aliphatic rings.